The maximum atomic E-state index is 6.68. The minimum absolute atomic E-state index is 0.513. The molecule has 0 atom stereocenters. The third-order valence-corrected chi connectivity index (χ3v) is 7.71. The van der Waals surface area contributed by atoms with Crippen molar-refractivity contribution in [2.45, 2.75) is 13.1 Å². The van der Waals surface area contributed by atoms with Crippen LogP contribution in [0.15, 0.2) is 97.3 Å². The average Bonchev–Trinajstić information content (AvgIpc) is 3.14. The first-order valence-corrected chi connectivity index (χ1v) is 12.3. The van der Waals surface area contributed by atoms with Gasteiger partial charge in [-0.2, -0.15) is 0 Å². The van der Waals surface area contributed by atoms with E-state index in [1.165, 1.54) is 37.9 Å². The molecule has 7 aromatic rings. The van der Waals surface area contributed by atoms with E-state index in [-0.39, 0.29) is 0 Å². The Labute approximate surface area is 212 Å². The zero-order valence-corrected chi connectivity index (χ0v) is 20.3. The predicted molar refractivity (Wildman–Crippen MR) is 145 cm³/mol. The van der Waals surface area contributed by atoms with Crippen molar-refractivity contribution < 1.29 is 4.57 Å². The molecule has 0 amide bonds. The third kappa shape index (κ3) is 3.43. The minimum atomic E-state index is 0.513. The van der Waals surface area contributed by atoms with E-state index in [4.69, 9.17) is 28.2 Å². The Bertz CT molecular complexity index is 1820. The van der Waals surface area contributed by atoms with Crippen molar-refractivity contribution in [1.29, 1.82) is 0 Å². The van der Waals surface area contributed by atoms with Gasteiger partial charge in [-0.05, 0) is 85.3 Å². The lowest BCUT2D eigenvalue weighted by Crippen LogP contribution is -2.33. The lowest BCUT2D eigenvalue weighted by atomic mass is 9.93. The first-order valence-electron chi connectivity index (χ1n) is 11.6. The third-order valence-electron chi connectivity index (χ3n) is 6.82. The summed E-state index contributed by atoms with van der Waals surface area (Å²) in [7, 11) is 0. The fourth-order valence-corrected chi connectivity index (χ4v) is 5.63. The smallest absolute Gasteiger partial charge is 0.249 e. The highest BCUT2D eigenvalue weighted by Gasteiger charge is 2.21. The van der Waals surface area contributed by atoms with Crippen LogP contribution in [0.25, 0.3) is 43.2 Å². The van der Waals surface area contributed by atoms with Gasteiger partial charge in [0.1, 0.15) is 13.1 Å². The van der Waals surface area contributed by atoms with Crippen LogP contribution in [0.3, 0.4) is 0 Å². The maximum absolute atomic E-state index is 6.68. The highest BCUT2D eigenvalue weighted by Crippen LogP contribution is 2.35. The normalized spacial score (nSPS) is 11.9. The molecule has 168 valence electrons. The van der Waals surface area contributed by atoms with Crippen LogP contribution >= 0.6 is 23.2 Å². The number of para-hydroxylation sites is 1. The second kappa shape index (κ2) is 7.94. The van der Waals surface area contributed by atoms with Gasteiger partial charge >= 0.3 is 0 Å². The lowest BCUT2D eigenvalue weighted by Gasteiger charge is -2.12. The van der Waals surface area contributed by atoms with Crippen molar-refractivity contribution in [2.24, 2.45) is 0 Å². The fourth-order valence-electron chi connectivity index (χ4n) is 5.20. The number of fused-ring (bicyclic) bond motifs is 1. The van der Waals surface area contributed by atoms with Crippen LogP contribution in [0.1, 0.15) is 11.3 Å². The number of rotatable bonds is 4. The monoisotopic (exact) mass is 492 g/mol. The molecule has 0 radical (unpaired) electrons. The van der Waals surface area contributed by atoms with Crippen LogP contribution in [0.4, 0.5) is 0 Å². The molecule has 35 heavy (non-hydrogen) atoms. The summed E-state index contributed by atoms with van der Waals surface area (Å²) >= 11 is 13.3. The summed E-state index contributed by atoms with van der Waals surface area (Å²) in [5.41, 5.74) is 3.09. The molecule has 0 saturated heterocycles. The van der Waals surface area contributed by atoms with Gasteiger partial charge in [-0.3, -0.25) is 0 Å². The summed E-state index contributed by atoms with van der Waals surface area (Å²) in [5.74, 6) is 0. The van der Waals surface area contributed by atoms with Crippen LogP contribution < -0.4 is 4.57 Å². The van der Waals surface area contributed by atoms with E-state index in [0.717, 1.165) is 16.6 Å². The Morgan fingerprint density at radius 1 is 0.686 bits per heavy atom. The van der Waals surface area contributed by atoms with Gasteiger partial charge in [0.2, 0.25) is 6.33 Å². The summed E-state index contributed by atoms with van der Waals surface area (Å²) in [6, 6.07) is 32.1. The SMILES string of the molecule is Clc1c(Cl)[n+](Cc2cc3ccc4cccc5ccc(c2)c3c45)cn1Cc1ccc2ccccc2n1. The van der Waals surface area contributed by atoms with Crippen molar-refractivity contribution in [3.8, 4) is 0 Å². The van der Waals surface area contributed by atoms with Gasteiger partial charge in [0, 0.05) is 5.39 Å². The minimum Gasteiger partial charge on any atom is -0.249 e. The van der Waals surface area contributed by atoms with Crippen molar-refractivity contribution in [3.05, 3.63) is 119 Å². The molecule has 7 rings (SSSR count). The molecule has 5 heteroatoms. The zero-order chi connectivity index (χ0) is 23.5. The lowest BCUT2D eigenvalue weighted by molar-refractivity contribution is -0.685. The van der Waals surface area contributed by atoms with Crippen LogP contribution in [0.2, 0.25) is 10.3 Å². The standard InChI is InChI=1S/C30H20Cl2N3/c31-29-30(32)35(17-25-13-12-20-4-1-2-7-26(20)33-25)18-34(29)16-19-14-23-10-8-21-5-3-6-22-9-11-24(15-19)28(23)27(21)22/h1-15,18H,16-17H2/q+1. The van der Waals surface area contributed by atoms with Gasteiger partial charge in [0.25, 0.3) is 10.3 Å². The summed E-state index contributed by atoms with van der Waals surface area (Å²) in [6.45, 7) is 1.18. The molecule has 0 fully saturated rings. The zero-order valence-electron chi connectivity index (χ0n) is 18.7. The molecule has 0 spiro atoms. The van der Waals surface area contributed by atoms with Crippen molar-refractivity contribution >= 4 is 66.4 Å². The van der Waals surface area contributed by atoms with E-state index in [9.17, 15) is 0 Å². The molecule has 0 aliphatic carbocycles. The van der Waals surface area contributed by atoms with E-state index >= 15 is 0 Å². The van der Waals surface area contributed by atoms with E-state index < -0.39 is 0 Å². The number of nitrogens with zero attached hydrogens (tertiary/aromatic N) is 3. The van der Waals surface area contributed by atoms with Crippen molar-refractivity contribution in [1.82, 2.24) is 9.55 Å². The summed E-state index contributed by atoms with van der Waals surface area (Å²) in [6.07, 6.45) is 1.98. The Kier molecular flexibility index (Phi) is 4.70. The largest absolute Gasteiger partial charge is 0.255 e. The van der Waals surface area contributed by atoms with Gasteiger partial charge in [-0.15, -0.1) is 0 Å². The number of imidazole rings is 1. The number of pyridine rings is 1. The Morgan fingerprint density at radius 2 is 1.31 bits per heavy atom. The highest BCUT2D eigenvalue weighted by atomic mass is 35.5. The molecule has 2 heterocycles. The second-order valence-corrected chi connectivity index (χ2v) is 9.79. The number of benzene rings is 5. The molecule has 5 aromatic carbocycles. The highest BCUT2D eigenvalue weighted by molar-refractivity contribution is 6.39. The predicted octanol–water partition coefficient (Wildman–Crippen LogP) is 7.62. The van der Waals surface area contributed by atoms with Crippen LogP contribution in [0, 0.1) is 0 Å². The van der Waals surface area contributed by atoms with Gasteiger partial charge in [-0.25, -0.2) is 14.1 Å². The quantitative estimate of drug-likeness (QED) is 0.183. The molecule has 0 aliphatic heterocycles. The van der Waals surface area contributed by atoms with Gasteiger partial charge in [-0.1, -0.05) is 66.7 Å². The van der Waals surface area contributed by atoms with Crippen LogP contribution in [-0.4, -0.2) is 9.55 Å². The number of halogens is 2. The molecule has 0 N–H and O–H groups in total. The number of hydrogen-bond donors (Lipinski definition) is 0. The second-order valence-electron chi connectivity index (χ2n) is 9.08. The molecular weight excluding hydrogens is 473 g/mol. The molecule has 2 aromatic heterocycles. The van der Waals surface area contributed by atoms with E-state index in [1.54, 1.807) is 0 Å². The first kappa shape index (κ1) is 20.7. The summed E-state index contributed by atoms with van der Waals surface area (Å²) in [5, 5.41) is 9.84. The Morgan fingerprint density at radius 3 is 2.09 bits per heavy atom. The van der Waals surface area contributed by atoms with Gasteiger partial charge < -0.3 is 0 Å². The average molecular weight is 493 g/mol. The fraction of sp³-hybridized carbons (Fsp3) is 0.0667. The van der Waals surface area contributed by atoms with Crippen molar-refractivity contribution in [2.75, 3.05) is 0 Å². The summed E-state index contributed by atoms with van der Waals surface area (Å²) < 4.78 is 3.95. The molecule has 0 saturated carbocycles. The Hall–Kier alpha value is -3.66. The molecule has 0 aliphatic rings. The maximum Gasteiger partial charge on any atom is 0.255 e. The van der Waals surface area contributed by atoms with E-state index in [0.29, 0.717) is 23.4 Å². The molecular formula is C30H20Cl2N3+. The number of aromatic nitrogens is 3. The number of hydrogen-bond acceptors (Lipinski definition) is 1. The van der Waals surface area contributed by atoms with Gasteiger partial charge in [0.15, 0.2) is 0 Å². The molecule has 0 bridgehead atoms. The van der Waals surface area contributed by atoms with Crippen LogP contribution in [-0.2, 0) is 13.1 Å². The topological polar surface area (TPSA) is 21.7 Å². The Balaban J connectivity index is 1.25. The van der Waals surface area contributed by atoms with E-state index in [2.05, 4.69) is 66.7 Å². The van der Waals surface area contributed by atoms with Crippen LogP contribution in [0.5, 0.6) is 0 Å². The molecule has 0 unspecified atom stereocenters. The first-order chi connectivity index (χ1) is 17.1. The van der Waals surface area contributed by atoms with E-state index in [1.807, 2.05) is 39.7 Å². The molecule has 3 nitrogen and oxygen atoms in total. The summed E-state index contributed by atoms with van der Waals surface area (Å²) in [4.78, 5) is 4.78. The van der Waals surface area contributed by atoms with Gasteiger partial charge in [0.05, 0.1) is 11.2 Å². The van der Waals surface area contributed by atoms with Crippen molar-refractivity contribution in [3.63, 3.8) is 0 Å².